The van der Waals surface area contributed by atoms with Gasteiger partial charge in [-0.05, 0) is 41.7 Å². The molecule has 0 saturated carbocycles. The molecule has 0 N–H and O–H groups in total. The van der Waals surface area contributed by atoms with Crippen molar-refractivity contribution in [3.63, 3.8) is 0 Å². The highest BCUT2D eigenvalue weighted by molar-refractivity contribution is 5.95. The molecule has 1 heteroatoms. The third-order valence-electron chi connectivity index (χ3n) is 3.87. The number of benzene rings is 2. The molecular formula is C17H16O. The Morgan fingerprint density at radius 3 is 2.50 bits per heavy atom. The molecule has 1 unspecified atom stereocenters. The Morgan fingerprint density at radius 2 is 1.78 bits per heavy atom. The van der Waals surface area contributed by atoms with Crippen LogP contribution in [0.5, 0.6) is 0 Å². The Labute approximate surface area is 107 Å². The largest absolute Gasteiger partial charge is 0.295 e. The summed E-state index contributed by atoms with van der Waals surface area (Å²) in [4.78, 5) is 11.5. The number of Topliss-reactive ketones (excluding diaryl/α,β-unsaturated/α-hetero) is 1. The van der Waals surface area contributed by atoms with Crippen LogP contribution in [0, 0.1) is 0 Å². The Balaban J connectivity index is 2.24. The number of carbonyl (C=O) groups excluding carboxylic acids is 1. The van der Waals surface area contributed by atoms with E-state index in [1.54, 1.807) is 6.92 Å². The first-order chi connectivity index (χ1) is 8.72. The highest BCUT2D eigenvalue weighted by Gasteiger charge is 2.27. The van der Waals surface area contributed by atoms with Gasteiger partial charge in [-0.2, -0.15) is 0 Å². The van der Waals surface area contributed by atoms with Crippen molar-refractivity contribution < 1.29 is 4.79 Å². The van der Waals surface area contributed by atoms with Crippen LogP contribution in [-0.4, -0.2) is 5.78 Å². The third-order valence-corrected chi connectivity index (χ3v) is 3.87. The Kier molecular flexibility index (Phi) is 2.55. The summed E-state index contributed by atoms with van der Waals surface area (Å²) in [5, 5.41) is 0. The number of hydrogen-bond donors (Lipinski definition) is 0. The van der Waals surface area contributed by atoms with Crippen LogP contribution >= 0.6 is 0 Å². The summed E-state index contributed by atoms with van der Waals surface area (Å²) in [7, 11) is 0. The average molecular weight is 236 g/mol. The van der Waals surface area contributed by atoms with Gasteiger partial charge in [-0.3, -0.25) is 4.79 Å². The van der Waals surface area contributed by atoms with E-state index in [0.29, 0.717) is 5.92 Å². The van der Waals surface area contributed by atoms with Gasteiger partial charge in [-0.15, -0.1) is 0 Å². The van der Waals surface area contributed by atoms with Crippen molar-refractivity contribution in [3.8, 4) is 11.1 Å². The van der Waals surface area contributed by atoms with E-state index in [1.807, 2.05) is 6.07 Å². The van der Waals surface area contributed by atoms with Crippen LogP contribution in [0.25, 0.3) is 11.1 Å². The van der Waals surface area contributed by atoms with E-state index in [9.17, 15) is 4.79 Å². The predicted molar refractivity (Wildman–Crippen MR) is 74.0 cm³/mol. The number of fused-ring (bicyclic) bond motifs is 3. The fraction of sp³-hybridized carbons (Fsp3) is 0.235. The van der Waals surface area contributed by atoms with Crippen molar-refractivity contribution in [2.45, 2.75) is 26.2 Å². The molecule has 0 radical (unpaired) electrons. The molecular weight excluding hydrogens is 220 g/mol. The van der Waals surface area contributed by atoms with Crippen LogP contribution in [0.15, 0.2) is 42.5 Å². The van der Waals surface area contributed by atoms with E-state index in [-0.39, 0.29) is 5.78 Å². The maximum Gasteiger partial charge on any atom is 0.159 e. The van der Waals surface area contributed by atoms with E-state index in [2.05, 4.69) is 43.3 Å². The summed E-state index contributed by atoms with van der Waals surface area (Å²) in [6.07, 6.45) is 1.07. The minimum Gasteiger partial charge on any atom is -0.295 e. The molecule has 0 saturated heterocycles. The lowest BCUT2D eigenvalue weighted by Crippen LogP contribution is -1.97. The molecule has 2 aromatic rings. The standard InChI is InChI=1S/C17H16O/c1-3-13-14-6-4-5-7-15(14)16-9-8-12(11(2)18)10-17(13)16/h4-10,13H,3H2,1-2H3. The second-order valence-corrected chi connectivity index (χ2v) is 4.91. The normalized spacial score (nSPS) is 16.2. The molecule has 1 aliphatic rings. The number of carbonyl (C=O) groups is 1. The van der Waals surface area contributed by atoms with Gasteiger partial charge in [0.15, 0.2) is 5.78 Å². The fourth-order valence-corrected chi connectivity index (χ4v) is 2.97. The van der Waals surface area contributed by atoms with E-state index in [1.165, 1.54) is 22.3 Å². The van der Waals surface area contributed by atoms with Crippen molar-refractivity contribution >= 4 is 5.78 Å². The lowest BCUT2D eigenvalue weighted by Gasteiger charge is -2.10. The van der Waals surface area contributed by atoms with E-state index >= 15 is 0 Å². The summed E-state index contributed by atoms with van der Waals surface area (Å²) < 4.78 is 0. The molecule has 1 atom stereocenters. The van der Waals surface area contributed by atoms with Gasteiger partial charge in [0.25, 0.3) is 0 Å². The van der Waals surface area contributed by atoms with Crippen LogP contribution in [0.2, 0.25) is 0 Å². The molecule has 0 amide bonds. The lowest BCUT2D eigenvalue weighted by molar-refractivity contribution is 0.101. The zero-order valence-corrected chi connectivity index (χ0v) is 10.7. The third kappa shape index (κ3) is 1.51. The quantitative estimate of drug-likeness (QED) is 0.706. The van der Waals surface area contributed by atoms with Crippen LogP contribution in [0.1, 0.15) is 47.7 Å². The predicted octanol–water partition coefficient (Wildman–Crippen LogP) is 4.41. The molecule has 0 fully saturated rings. The second-order valence-electron chi connectivity index (χ2n) is 4.91. The van der Waals surface area contributed by atoms with Crippen LogP contribution in [0.3, 0.4) is 0 Å². The summed E-state index contributed by atoms with van der Waals surface area (Å²) >= 11 is 0. The van der Waals surface area contributed by atoms with Crippen molar-refractivity contribution in [3.05, 3.63) is 59.2 Å². The number of hydrogen-bond acceptors (Lipinski definition) is 1. The first-order valence-electron chi connectivity index (χ1n) is 6.46. The monoisotopic (exact) mass is 236 g/mol. The minimum atomic E-state index is 0.142. The average Bonchev–Trinajstić information content (AvgIpc) is 2.71. The molecule has 0 aromatic heterocycles. The second kappa shape index (κ2) is 4.09. The van der Waals surface area contributed by atoms with Gasteiger partial charge >= 0.3 is 0 Å². The Bertz CT molecular complexity index is 625. The first kappa shape index (κ1) is 11.2. The summed E-state index contributed by atoms with van der Waals surface area (Å²) in [6.45, 7) is 3.84. The van der Waals surface area contributed by atoms with E-state index in [4.69, 9.17) is 0 Å². The lowest BCUT2D eigenvalue weighted by atomic mass is 9.93. The van der Waals surface area contributed by atoms with Gasteiger partial charge in [0.1, 0.15) is 0 Å². The van der Waals surface area contributed by atoms with Crippen LogP contribution in [0.4, 0.5) is 0 Å². The van der Waals surface area contributed by atoms with Crippen LogP contribution in [-0.2, 0) is 0 Å². The summed E-state index contributed by atoms with van der Waals surface area (Å²) in [5.41, 5.74) is 6.15. The molecule has 0 bridgehead atoms. The zero-order chi connectivity index (χ0) is 12.7. The summed E-state index contributed by atoms with van der Waals surface area (Å²) in [5.74, 6) is 0.583. The number of ketones is 1. The van der Waals surface area contributed by atoms with E-state index in [0.717, 1.165) is 12.0 Å². The van der Waals surface area contributed by atoms with Gasteiger partial charge in [0.05, 0.1) is 0 Å². The van der Waals surface area contributed by atoms with Crippen molar-refractivity contribution in [1.29, 1.82) is 0 Å². The topological polar surface area (TPSA) is 17.1 Å². The molecule has 1 aliphatic carbocycles. The first-order valence-corrected chi connectivity index (χ1v) is 6.46. The smallest absolute Gasteiger partial charge is 0.159 e. The SMILES string of the molecule is CCC1c2ccccc2-c2ccc(C(C)=O)cc21. The highest BCUT2D eigenvalue weighted by atomic mass is 16.1. The molecule has 0 spiro atoms. The van der Waals surface area contributed by atoms with Crippen molar-refractivity contribution in [2.24, 2.45) is 0 Å². The molecule has 0 aliphatic heterocycles. The molecule has 0 heterocycles. The van der Waals surface area contributed by atoms with Gasteiger partial charge in [0, 0.05) is 11.5 Å². The van der Waals surface area contributed by atoms with Gasteiger partial charge in [-0.1, -0.05) is 43.3 Å². The van der Waals surface area contributed by atoms with Crippen LogP contribution < -0.4 is 0 Å². The molecule has 1 nitrogen and oxygen atoms in total. The Morgan fingerprint density at radius 1 is 1.06 bits per heavy atom. The molecule has 90 valence electrons. The fourth-order valence-electron chi connectivity index (χ4n) is 2.97. The van der Waals surface area contributed by atoms with Crippen molar-refractivity contribution in [2.75, 3.05) is 0 Å². The molecule has 2 aromatic carbocycles. The highest BCUT2D eigenvalue weighted by Crippen LogP contribution is 2.46. The van der Waals surface area contributed by atoms with E-state index < -0.39 is 0 Å². The minimum absolute atomic E-state index is 0.142. The van der Waals surface area contributed by atoms with Gasteiger partial charge < -0.3 is 0 Å². The summed E-state index contributed by atoms with van der Waals surface area (Å²) in [6, 6.07) is 14.7. The maximum absolute atomic E-state index is 11.5. The van der Waals surface area contributed by atoms with Gasteiger partial charge in [0.2, 0.25) is 0 Å². The maximum atomic E-state index is 11.5. The molecule has 3 rings (SSSR count). The number of rotatable bonds is 2. The van der Waals surface area contributed by atoms with Crippen molar-refractivity contribution in [1.82, 2.24) is 0 Å². The zero-order valence-electron chi connectivity index (χ0n) is 10.7. The van der Waals surface area contributed by atoms with Gasteiger partial charge in [-0.25, -0.2) is 0 Å². The molecule has 18 heavy (non-hydrogen) atoms. The Hall–Kier alpha value is -1.89.